The predicted molar refractivity (Wildman–Crippen MR) is 103 cm³/mol. The number of benzene rings is 2. The van der Waals surface area contributed by atoms with Crippen molar-refractivity contribution in [2.45, 2.75) is 20.8 Å². The van der Waals surface area contributed by atoms with Crippen LogP contribution >= 0.6 is 0 Å². The highest BCUT2D eigenvalue weighted by atomic mass is 16.6. The van der Waals surface area contributed by atoms with Crippen LogP contribution in [0.2, 0.25) is 0 Å². The van der Waals surface area contributed by atoms with E-state index in [4.69, 9.17) is 9.57 Å². The van der Waals surface area contributed by atoms with E-state index in [-0.39, 0.29) is 17.3 Å². The van der Waals surface area contributed by atoms with Gasteiger partial charge in [0, 0.05) is 29.2 Å². The molecule has 0 radical (unpaired) electrons. The fourth-order valence-corrected chi connectivity index (χ4v) is 2.59. The third-order valence-corrected chi connectivity index (χ3v) is 3.74. The van der Waals surface area contributed by atoms with Crippen LogP contribution in [0.4, 0.5) is 0 Å². The number of esters is 1. The molecule has 0 unspecified atom stereocenters. The second-order valence-electron chi connectivity index (χ2n) is 5.76. The van der Waals surface area contributed by atoms with Crippen LogP contribution in [-0.4, -0.2) is 29.7 Å². The molecule has 6 nitrogen and oxygen atoms in total. The second kappa shape index (κ2) is 8.80. The van der Waals surface area contributed by atoms with Crippen LogP contribution in [0.5, 0.6) is 11.5 Å². The molecule has 0 bridgehead atoms. The molecule has 2 rings (SSSR count). The van der Waals surface area contributed by atoms with E-state index in [9.17, 15) is 14.7 Å². The van der Waals surface area contributed by atoms with Crippen molar-refractivity contribution in [3.63, 3.8) is 0 Å². The fourth-order valence-electron chi connectivity index (χ4n) is 2.59. The first-order valence-electron chi connectivity index (χ1n) is 8.28. The minimum absolute atomic E-state index is 0.0629. The SMILES string of the molecule is C/C=C/c1cc(/C(C)=N/OC)c(C(=O)c2ccc(O)cc2)cc1OC(C)=O. The first-order valence-corrected chi connectivity index (χ1v) is 8.28. The van der Waals surface area contributed by atoms with Crippen molar-refractivity contribution < 1.29 is 24.3 Å². The van der Waals surface area contributed by atoms with Crippen molar-refractivity contribution in [3.8, 4) is 11.5 Å². The Bertz CT molecular complexity index is 911. The van der Waals surface area contributed by atoms with Crippen molar-refractivity contribution in [3.05, 3.63) is 64.7 Å². The highest BCUT2D eigenvalue weighted by Crippen LogP contribution is 2.28. The summed E-state index contributed by atoms with van der Waals surface area (Å²) in [6.45, 7) is 4.85. The Balaban J connectivity index is 2.70. The first kappa shape index (κ1) is 19.9. The Labute approximate surface area is 157 Å². The van der Waals surface area contributed by atoms with Gasteiger partial charge in [0.25, 0.3) is 0 Å². The molecular weight excluding hydrogens is 346 g/mol. The molecule has 0 aliphatic carbocycles. The Kier molecular flexibility index (Phi) is 6.49. The van der Waals surface area contributed by atoms with Gasteiger partial charge in [-0.15, -0.1) is 0 Å². The van der Waals surface area contributed by atoms with E-state index < -0.39 is 5.97 Å². The largest absolute Gasteiger partial charge is 0.508 e. The molecule has 2 aromatic carbocycles. The van der Waals surface area contributed by atoms with Crippen LogP contribution in [0.3, 0.4) is 0 Å². The Morgan fingerprint density at radius 2 is 1.74 bits per heavy atom. The van der Waals surface area contributed by atoms with Gasteiger partial charge in [-0.05, 0) is 50.2 Å². The number of carbonyl (C=O) groups excluding carboxylic acids is 2. The summed E-state index contributed by atoms with van der Waals surface area (Å²) in [4.78, 5) is 29.4. The first-order chi connectivity index (χ1) is 12.9. The minimum Gasteiger partial charge on any atom is -0.508 e. The highest BCUT2D eigenvalue weighted by molar-refractivity contribution is 6.17. The van der Waals surface area contributed by atoms with E-state index in [1.165, 1.54) is 44.4 Å². The molecule has 140 valence electrons. The maximum atomic E-state index is 13.1. The number of phenolic OH excluding ortho intramolecular Hbond substituents is 1. The molecule has 2 aromatic rings. The molecule has 0 amide bonds. The summed E-state index contributed by atoms with van der Waals surface area (Å²) in [6, 6.07) is 9.17. The lowest BCUT2D eigenvalue weighted by Crippen LogP contribution is -2.12. The number of phenols is 1. The van der Waals surface area contributed by atoms with Gasteiger partial charge in [-0.1, -0.05) is 17.3 Å². The highest BCUT2D eigenvalue weighted by Gasteiger charge is 2.20. The lowest BCUT2D eigenvalue weighted by atomic mass is 9.93. The van der Waals surface area contributed by atoms with Gasteiger partial charge < -0.3 is 14.7 Å². The minimum atomic E-state index is -0.487. The van der Waals surface area contributed by atoms with Crippen molar-refractivity contribution in [1.82, 2.24) is 0 Å². The number of aromatic hydroxyl groups is 1. The summed E-state index contributed by atoms with van der Waals surface area (Å²) in [7, 11) is 1.42. The molecule has 0 atom stereocenters. The molecule has 0 aliphatic heterocycles. The molecule has 0 saturated carbocycles. The Hall–Kier alpha value is -3.41. The molecule has 27 heavy (non-hydrogen) atoms. The molecule has 0 spiro atoms. The van der Waals surface area contributed by atoms with Crippen LogP contribution in [-0.2, 0) is 9.63 Å². The zero-order valence-corrected chi connectivity index (χ0v) is 15.6. The van der Waals surface area contributed by atoms with Crippen molar-refractivity contribution >= 4 is 23.5 Å². The lowest BCUT2D eigenvalue weighted by molar-refractivity contribution is -0.131. The van der Waals surface area contributed by atoms with Crippen LogP contribution in [0, 0.1) is 0 Å². The Morgan fingerprint density at radius 1 is 1.07 bits per heavy atom. The van der Waals surface area contributed by atoms with Gasteiger partial charge in [0.1, 0.15) is 18.6 Å². The van der Waals surface area contributed by atoms with Crippen LogP contribution < -0.4 is 4.74 Å². The number of allylic oxidation sites excluding steroid dienone is 1. The average Bonchev–Trinajstić information content (AvgIpc) is 2.62. The topological polar surface area (TPSA) is 85.2 Å². The van der Waals surface area contributed by atoms with E-state index in [2.05, 4.69) is 5.16 Å². The van der Waals surface area contributed by atoms with Crippen LogP contribution in [0.25, 0.3) is 6.08 Å². The van der Waals surface area contributed by atoms with Crippen molar-refractivity contribution in [2.75, 3.05) is 7.11 Å². The molecule has 0 saturated heterocycles. The van der Waals surface area contributed by atoms with E-state index in [0.717, 1.165) is 0 Å². The quantitative estimate of drug-likeness (QED) is 0.275. The summed E-state index contributed by atoms with van der Waals surface area (Å²) < 4.78 is 5.28. The standard InChI is InChI=1S/C21H21NO5/c1-5-6-16-11-18(13(2)22-26-4)19(12-20(16)27-14(3)23)21(25)15-7-9-17(24)10-8-15/h5-12,24H,1-4H3/b6-5+,22-13+. The van der Waals surface area contributed by atoms with E-state index in [1.54, 1.807) is 25.1 Å². The maximum Gasteiger partial charge on any atom is 0.308 e. The van der Waals surface area contributed by atoms with E-state index in [0.29, 0.717) is 28.0 Å². The molecule has 6 heteroatoms. The van der Waals surface area contributed by atoms with Gasteiger partial charge in [-0.25, -0.2) is 0 Å². The van der Waals surface area contributed by atoms with Crippen LogP contribution in [0.1, 0.15) is 47.8 Å². The zero-order valence-electron chi connectivity index (χ0n) is 15.6. The number of ether oxygens (including phenoxy) is 1. The third kappa shape index (κ3) is 4.82. The monoisotopic (exact) mass is 367 g/mol. The number of hydrogen-bond acceptors (Lipinski definition) is 6. The molecule has 0 heterocycles. The molecule has 0 aromatic heterocycles. The lowest BCUT2D eigenvalue weighted by Gasteiger charge is -2.14. The van der Waals surface area contributed by atoms with Gasteiger partial charge in [-0.3, -0.25) is 9.59 Å². The normalized spacial score (nSPS) is 11.5. The summed E-state index contributed by atoms with van der Waals surface area (Å²) in [5.41, 5.74) is 2.38. The number of carbonyl (C=O) groups is 2. The second-order valence-corrected chi connectivity index (χ2v) is 5.76. The summed E-state index contributed by atoms with van der Waals surface area (Å²) in [5.74, 6) is -0.445. The number of hydrogen-bond donors (Lipinski definition) is 1. The summed E-state index contributed by atoms with van der Waals surface area (Å²) in [5, 5.41) is 13.4. The molecule has 0 aliphatic rings. The van der Waals surface area contributed by atoms with E-state index in [1.807, 2.05) is 6.92 Å². The smallest absolute Gasteiger partial charge is 0.308 e. The summed E-state index contributed by atoms with van der Waals surface area (Å²) in [6.07, 6.45) is 3.58. The maximum absolute atomic E-state index is 13.1. The molecule has 0 fully saturated rings. The summed E-state index contributed by atoms with van der Waals surface area (Å²) >= 11 is 0. The van der Waals surface area contributed by atoms with Gasteiger partial charge in [0.2, 0.25) is 0 Å². The predicted octanol–water partition coefficient (Wildman–Crippen LogP) is 3.95. The van der Waals surface area contributed by atoms with E-state index >= 15 is 0 Å². The van der Waals surface area contributed by atoms with Gasteiger partial charge in [0.15, 0.2) is 5.78 Å². The molecular formula is C21H21NO5. The van der Waals surface area contributed by atoms with Crippen molar-refractivity contribution in [1.29, 1.82) is 0 Å². The molecule has 1 N–H and O–H groups in total. The number of rotatable bonds is 6. The third-order valence-electron chi connectivity index (χ3n) is 3.74. The number of nitrogens with zero attached hydrogens (tertiary/aromatic N) is 1. The zero-order chi connectivity index (χ0) is 20.0. The number of oxime groups is 1. The van der Waals surface area contributed by atoms with Gasteiger partial charge in [-0.2, -0.15) is 0 Å². The Morgan fingerprint density at radius 3 is 2.30 bits per heavy atom. The van der Waals surface area contributed by atoms with Gasteiger partial charge in [0.05, 0.1) is 5.71 Å². The number of ketones is 1. The average molecular weight is 367 g/mol. The van der Waals surface area contributed by atoms with Crippen LogP contribution in [0.15, 0.2) is 47.6 Å². The van der Waals surface area contributed by atoms with Crippen molar-refractivity contribution in [2.24, 2.45) is 5.16 Å². The fraction of sp³-hybridized carbons (Fsp3) is 0.190. The van der Waals surface area contributed by atoms with Gasteiger partial charge >= 0.3 is 5.97 Å².